The van der Waals surface area contributed by atoms with Crippen LogP contribution in [-0.2, 0) is 0 Å². The average molecular weight is 299 g/mol. The van der Waals surface area contributed by atoms with Crippen LogP contribution >= 0.6 is 0 Å². The molecule has 23 heavy (non-hydrogen) atoms. The van der Waals surface area contributed by atoms with Gasteiger partial charge in [0.15, 0.2) is 0 Å². The van der Waals surface area contributed by atoms with E-state index in [2.05, 4.69) is 40.3 Å². The fourth-order valence-electron chi connectivity index (χ4n) is 3.80. The number of nitrogens with one attached hydrogen (secondary N) is 1. The number of fused-ring (bicyclic) bond motifs is 4. The van der Waals surface area contributed by atoms with E-state index in [9.17, 15) is 0 Å². The summed E-state index contributed by atoms with van der Waals surface area (Å²) in [4.78, 5) is 12.7. The van der Waals surface area contributed by atoms with E-state index in [1.165, 1.54) is 41.2 Å². The predicted molar refractivity (Wildman–Crippen MR) is 95.3 cm³/mol. The number of aromatic amines is 1. The lowest BCUT2D eigenvalue weighted by atomic mass is 9.89. The normalized spacial score (nSPS) is 15.4. The van der Waals surface area contributed by atoms with E-state index in [0.29, 0.717) is 0 Å². The van der Waals surface area contributed by atoms with Crippen LogP contribution in [0.3, 0.4) is 0 Å². The van der Waals surface area contributed by atoms with Crippen LogP contribution in [0.5, 0.6) is 0 Å². The van der Waals surface area contributed by atoms with Gasteiger partial charge >= 0.3 is 0 Å². The van der Waals surface area contributed by atoms with Gasteiger partial charge in [0.05, 0.1) is 5.52 Å². The van der Waals surface area contributed by atoms with Crippen molar-refractivity contribution < 1.29 is 0 Å². The van der Waals surface area contributed by atoms with Crippen molar-refractivity contribution in [2.24, 2.45) is 0 Å². The van der Waals surface area contributed by atoms with Crippen molar-refractivity contribution in [1.82, 2.24) is 15.0 Å². The Balaban J connectivity index is 2.01. The molecule has 0 saturated carbocycles. The largest absolute Gasteiger partial charge is 0.339 e. The number of hydrogen-bond acceptors (Lipinski definition) is 2. The van der Waals surface area contributed by atoms with E-state index < -0.39 is 0 Å². The zero-order chi connectivity index (χ0) is 15.2. The Kier molecular flexibility index (Phi) is 2.74. The summed E-state index contributed by atoms with van der Waals surface area (Å²) in [5, 5.41) is 3.66. The van der Waals surface area contributed by atoms with Gasteiger partial charge in [-0.3, -0.25) is 4.98 Å². The second kappa shape index (κ2) is 4.92. The molecule has 0 aliphatic heterocycles. The third-order valence-electron chi connectivity index (χ3n) is 4.85. The molecule has 3 heteroatoms. The van der Waals surface area contributed by atoms with Crippen LogP contribution in [0.25, 0.3) is 38.4 Å². The smallest absolute Gasteiger partial charge is 0.139 e. The van der Waals surface area contributed by atoms with E-state index in [-0.39, 0.29) is 0 Å². The molecule has 0 unspecified atom stereocenters. The van der Waals surface area contributed by atoms with E-state index in [1.807, 2.05) is 18.5 Å². The van der Waals surface area contributed by atoms with Crippen LogP contribution in [0.2, 0.25) is 0 Å². The second-order valence-corrected chi connectivity index (χ2v) is 6.25. The maximum Gasteiger partial charge on any atom is 0.139 e. The minimum Gasteiger partial charge on any atom is -0.339 e. The van der Waals surface area contributed by atoms with Crippen molar-refractivity contribution in [2.75, 3.05) is 0 Å². The van der Waals surface area contributed by atoms with Crippen LogP contribution in [0.4, 0.5) is 0 Å². The number of aromatic nitrogens is 3. The zero-order valence-electron chi connectivity index (χ0n) is 12.8. The minimum absolute atomic E-state index is 0.978. The topological polar surface area (TPSA) is 41.6 Å². The zero-order valence-corrected chi connectivity index (χ0v) is 12.8. The Labute approximate surface area is 134 Å². The number of para-hydroxylation sites is 1. The molecule has 5 rings (SSSR count). The molecule has 112 valence electrons. The molecule has 3 nitrogen and oxygen atoms in total. The number of H-pyrrole nitrogens is 1. The highest BCUT2D eigenvalue weighted by Crippen LogP contribution is 2.39. The molecule has 4 aromatic rings. The summed E-state index contributed by atoms with van der Waals surface area (Å²) in [6.07, 6.45) is 11.1. The molecule has 0 radical (unpaired) electrons. The number of rotatable bonds is 1. The van der Waals surface area contributed by atoms with Gasteiger partial charge in [0.2, 0.25) is 0 Å². The van der Waals surface area contributed by atoms with Crippen LogP contribution in [0.15, 0.2) is 48.8 Å². The van der Waals surface area contributed by atoms with Crippen molar-refractivity contribution >= 4 is 38.4 Å². The number of allylic oxidation sites excluding steroid dienone is 2. The Morgan fingerprint density at radius 2 is 1.96 bits per heavy atom. The number of hydrogen-bond donors (Lipinski definition) is 1. The first-order chi connectivity index (χ1) is 11.4. The molecule has 0 amide bonds. The maximum absolute atomic E-state index is 4.85. The molecule has 1 aliphatic carbocycles. The van der Waals surface area contributed by atoms with Gasteiger partial charge in [0.25, 0.3) is 0 Å². The van der Waals surface area contributed by atoms with Gasteiger partial charge in [0.1, 0.15) is 5.65 Å². The highest BCUT2D eigenvalue weighted by Gasteiger charge is 2.18. The van der Waals surface area contributed by atoms with Crippen LogP contribution in [0.1, 0.15) is 31.2 Å². The lowest BCUT2D eigenvalue weighted by Crippen LogP contribution is -1.96. The third-order valence-corrected chi connectivity index (χ3v) is 4.85. The van der Waals surface area contributed by atoms with Crippen molar-refractivity contribution in [2.45, 2.75) is 25.7 Å². The Hall–Kier alpha value is -2.68. The van der Waals surface area contributed by atoms with Gasteiger partial charge in [-0.1, -0.05) is 24.3 Å². The molecule has 0 spiro atoms. The van der Waals surface area contributed by atoms with E-state index in [1.54, 1.807) is 0 Å². The molecular formula is C20H17N3. The van der Waals surface area contributed by atoms with E-state index >= 15 is 0 Å². The van der Waals surface area contributed by atoms with Crippen molar-refractivity contribution in [3.63, 3.8) is 0 Å². The van der Waals surface area contributed by atoms with Gasteiger partial charge in [-0.2, -0.15) is 0 Å². The summed E-state index contributed by atoms with van der Waals surface area (Å²) in [6, 6.07) is 10.5. The minimum atomic E-state index is 0.978. The Morgan fingerprint density at radius 3 is 2.87 bits per heavy atom. The van der Waals surface area contributed by atoms with E-state index in [0.717, 1.165) is 28.5 Å². The van der Waals surface area contributed by atoms with E-state index in [4.69, 9.17) is 4.98 Å². The van der Waals surface area contributed by atoms with Gasteiger partial charge in [-0.05, 0) is 49.0 Å². The second-order valence-electron chi connectivity index (χ2n) is 6.25. The Morgan fingerprint density at radius 1 is 1.00 bits per heavy atom. The first-order valence-electron chi connectivity index (χ1n) is 8.25. The lowest BCUT2D eigenvalue weighted by Gasteiger charge is -2.16. The first kappa shape index (κ1) is 12.8. The molecule has 1 N–H and O–H groups in total. The molecule has 0 fully saturated rings. The van der Waals surface area contributed by atoms with Gasteiger partial charge in [0, 0.05) is 34.1 Å². The van der Waals surface area contributed by atoms with Crippen LogP contribution in [0, 0.1) is 0 Å². The van der Waals surface area contributed by atoms with Gasteiger partial charge in [-0.15, -0.1) is 0 Å². The SMILES string of the molecule is C1=C(c2c3cnccc3nc3[nH]c4ccccc4c23)CCCC1. The quantitative estimate of drug-likeness (QED) is 0.523. The van der Waals surface area contributed by atoms with Crippen molar-refractivity contribution in [3.8, 4) is 0 Å². The highest BCUT2D eigenvalue weighted by molar-refractivity contribution is 6.16. The Bertz CT molecular complexity index is 1070. The summed E-state index contributed by atoms with van der Waals surface area (Å²) >= 11 is 0. The highest BCUT2D eigenvalue weighted by atomic mass is 14.9. The van der Waals surface area contributed by atoms with Gasteiger partial charge in [-0.25, -0.2) is 4.98 Å². The molecule has 3 aromatic heterocycles. The standard InChI is InChI=1S/C20H17N3/c1-2-6-13(7-3-1)18-15-12-21-11-10-17(15)23-20-19(18)14-8-4-5-9-16(14)22-20/h4-6,8-12H,1-3,7H2,(H,22,23). The number of benzene rings is 1. The molecule has 1 aliphatic rings. The van der Waals surface area contributed by atoms with Crippen LogP contribution < -0.4 is 0 Å². The summed E-state index contributed by atoms with van der Waals surface area (Å²) in [6.45, 7) is 0. The molecule has 0 atom stereocenters. The lowest BCUT2D eigenvalue weighted by molar-refractivity contribution is 0.743. The first-order valence-corrected chi connectivity index (χ1v) is 8.25. The van der Waals surface area contributed by atoms with Crippen LogP contribution in [-0.4, -0.2) is 15.0 Å². The summed E-state index contributed by atoms with van der Waals surface area (Å²) in [5.41, 5.74) is 5.92. The summed E-state index contributed by atoms with van der Waals surface area (Å²) in [5.74, 6) is 0. The fraction of sp³-hybridized carbons (Fsp3) is 0.200. The monoisotopic (exact) mass is 299 g/mol. The number of pyridine rings is 2. The molecule has 0 bridgehead atoms. The van der Waals surface area contributed by atoms with Crippen molar-refractivity contribution in [3.05, 3.63) is 54.4 Å². The fourth-order valence-corrected chi connectivity index (χ4v) is 3.80. The predicted octanol–water partition coefficient (Wildman–Crippen LogP) is 5.22. The maximum atomic E-state index is 4.85. The van der Waals surface area contributed by atoms with Crippen molar-refractivity contribution in [1.29, 1.82) is 0 Å². The molecular weight excluding hydrogens is 282 g/mol. The molecule has 1 aromatic carbocycles. The average Bonchev–Trinajstić information content (AvgIpc) is 2.98. The number of nitrogens with zero attached hydrogens (tertiary/aromatic N) is 2. The molecule has 3 heterocycles. The van der Waals surface area contributed by atoms with Gasteiger partial charge < -0.3 is 4.98 Å². The molecule has 0 saturated heterocycles. The third kappa shape index (κ3) is 1.89. The summed E-state index contributed by atoms with van der Waals surface area (Å²) in [7, 11) is 0. The summed E-state index contributed by atoms with van der Waals surface area (Å²) < 4.78 is 0.